The van der Waals surface area contributed by atoms with E-state index in [4.69, 9.17) is 9.84 Å². The number of anilines is 1. The molecule has 1 aliphatic rings. The van der Waals surface area contributed by atoms with Crippen LogP contribution in [-0.2, 0) is 13.0 Å². The van der Waals surface area contributed by atoms with E-state index >= 15 is 0 Å². The van der Waals surface area contributed by atoms with E-state index in [1.165, 1.54) is 11.1 Å². The fourth-order valence-electron chi connectivity index (χ4n) is 3.75. The monoisotopic (exact) mass is 356 g/mol. The third-order valence-corrected chi connectivity index (χ3v) is 5.17. The van der Waals surface area contributed by atoms with Gasteiger partial charge in [0.25, 0.3) is 0 Å². The van der Waals surface area contributed by atoms with Crippen molar-refractivity contribution in [1.82, 2.24) is 14.6 Å². The van der Waals surface area contributed by atoms with Gasteiger partial charge in [-0.15, -0.1) is 0 Å². The maximum Gasteiger partial charge on any atom is 0.155 e. The number of benzene rings is 2. The van der Waals surface area contributed by atoms with Gasteiger partial charge >= 0.3 is 0 Å². The number of methoxy groups -OCH3 is 1. The van der Waals surface area contributed by atoms with Crippen molar-refractivity contribution in [2.45, 2.75) is 13.0 Å². The Balaban J connectivity index is 1.55. The van der Waals surface area contributed by atoms with Crippen molar-refractivity contribution >= 4 is 11.3 Å². The highest BCUT2D eigenvalue weighted by Gasteiger charge is 2.20. The molecule has 0 saturated carbocycles. The Hall–Kier alpha value is -3.34. The van der Waals surface area contributed by atoms with Gasteiger partial charge in [0.05, 0.1) is 12.8 Å². The molecule has 4 aromatic rings. The molecule has 0 N–H and O–H groups in total. The van der Waals surface area contributed by atoms with E-state index in [9.17, 15) is 0 Å². The van der Waals surface area contributed by atoms with Crippen molar-refractivity contribution in [2.75, 3.05) is 18.6 Å². The second-order valence-corrected chi connectivity index (χ2v) is 6.78. The van der Waals surface area contributed by atoms with Gasteiger partial charge in [-0.3, -0.25) is 0 Å². The molecule has 0 unspecified atom stereocenters. The van der Waals surface area contributed by atoms with Gasteiger partial charge in [0.2, 0.25) is 0 Å². The van der Waals surface area contributed by atoms with Crippen LogP contribution < -0.4 is 9.64 Å². The molecular formula is C22H20N4O. The fraction of sp³-hybridized carbons (Fsp3) is 0.182. The highest BCUT2D eigenvalue weighted by atomic mass is 16.5. The molecule has 5 rings (SSSR count). The minimum atomic E-state index is 0.829. The van der Waals surface area contributed by atoms with Gasteiger partial charge in [-0.2, -0.15) is 5.10 Å². The van der Waals surface area contributed by atoms with Crippen LogP contribution in [0.15, 0.2) is 67.0 Å². The lowest BCUT2D eigenvalue weighted by molar-refractivity contribution is 0.415. The highest BCUT2D eigenvalue weighted by Crippen LogP contribution is 2.29. The van der Waals surface area contributed by atoms with Crippen LogP contribution in [0.3, 0.4) is 0 Å². The van der Waals surface area contributed by atoms with E-state index in [0.29, 0.717) is 0 Å². The second kappa shape index (κ2) is 6.43. The van der Waals surface area contributed by atoms with Gasteiger partial charge in [0, 0.05) is 31.0 Å². The minimum absolute atomic E-state index is 0.829. The molecular weight excluding hydrogens is 336 g/mol. The maximum atomic E-state index is 5.35. The van der Waals surface area contributed by atoms with Crippen LogP contribution in [0.1, 0.15) is 11.1 Å². The Morgan fingerprint density at radius 2 is 1.89 bits per heavy atom. The maximum absolute atomic E-state index is 5.35. The highest BCUT2D eigenvalue weighted by molar-refractivity contribution is 5.76. The predicted molar refractivity (Wildman–Crippen MR) is 106 cm³/mol. The Labute approximate surface area is 157 Å². The van der Waals surface area contributed by atoms with Crippen molar-refractivity contribution in [3.8, 4) is 17.0 Å². The summed E-state index contributed by atoms with van der Waals surface area (Å²) in [5, 5.41) is 4.75. The van der Waals surface area contributed by atoms with Gasteiger partial charge in [0.15, 0.2) is 5.82 Å². The largest absolute Gasteiger partial charge is 0.497 e. The first-order valence-corrected chi connectivity index (χ1v) is 9.12. The molecule has 134 valence electrons. The summed E-state index contributed by atoms with van der Waals surface area (Å²) in [5.41, 5.74) is 5.79. The van der Waals surface area contributed by atoms with Gasteiger partial charge in [-0.05, 0) is 35.7 Å². The lowest BCUT2D eigenvalue weighted by Gasteiger charge is -2.30. The topological polar surface area (TPSA) is 42.7 Å². The molecule has 0 amide bonds. The molecule has 0 aliphatic carbocycles. The van der Waals surface area contributed by atoms with Crippen molar-refractivity contribution in [3.05, 3.63) is 78.1 Å². The van der Waals surface area contributed by atoms with Gasteiger partial charge < -0.3 is 9.64 Å². The number of aromatic nitrogens is 3. The molecule has 0 atom stereocenters. The van der Waals surface area contributed by atoms with E-state index < -0.39 is 0 Å². The van der Waals surface area contributed by atoms with Gasteiger partial charge in [-0.1, -0.05) is 36.4 Å². The minimum Gasteiger partial charge on any atom is -0.497 e. The van der Waals surface area contributed by atoms with E-state index in [-0.39, 0.29) is 0 Å². The average Bonchev–Trinajstić information content (AvgIpc) is 3.18. The normalized spacial score (nSPS) is 13.6. The molecule has 2 aromatic carbocycles. The Bertz CT molecular complexity index is 1120. The Morgan fingerprint density at radius 1 is 1.00 bits per heavy atom. The Kier molecular flexibility index (Phi) is 3.78. The molecule has 0 spiro atoms. The summed E-state index contributed by atoms with van der Waals surface area (Å²) in [7, 11) is 1.68. The third-order valence-electron chi connectivity index (χ3n) is 5.17. The summed E-state index contributed by atoms with van der Waals surface area (Å²) < 4.78 is 7.26. The summed E-state index contributed by atoms with van der Waals surface area (Å²) >= 11 is 0. The molecule has 0 fully saturated rings. The average molecular weight is 356 g/mol. The molecule has 0 bridgehead atoms. The second-order valence-electron chi connectivity index (χ2n) is 6.78. The summed E-state index contributed by atoms with van der Waals surface area (Å²) in [6.45, 7) is 1.84. The summed E-state index contributed by atoms with van der Waals surface area (Å²) in [5.74, 6) is 1.81. The van der Waals surface area contributed by atoms with Crippen LogP contribution in [0.2, 0.25) is 0 Å². The molecule has 27 heavy (non-hydrogen) atoms. The van der Waals surface area contributed by atoms with Gasteiger partial charge in [-0.25, -0.2) is 9.50 Å². The number of fused-ring (bicyclic) bond motifs is 2. The third kappa shape index (κ3) is 2.81. The van der Waals surface area contributed by atoms with E-state index in [1.807, 2.05) is 35.1 Å². The summed E-state index contributed by atoms with van der Waals surface area (Å²) in [6.07, 6.45) is 4.77. The molecule has 2 aromatic heterocycles. The molecule has 0 saturated heterocycles. The SMILES string of the molecule is COc1cccc(-c2cc3c(N4CCc5ccccc5C4)nccn3n2)c1. The molecule has 3 heterocycles. The molecule has 0 radical (unpaired) electrons. The van der Waals surface area contributed by atoms with Crippen molar-refractivity contribution in [1.29, 1.82) is 0 Å². The number of hydrogen-bond acceptors (Lipinski definition) is 4. The number of ether oxygens (including phenoxy) is 1. The summed E-state index contributed by atoms with van der Waals surface area (Å²) in [6, 6.07) is 18.7. The van der Waals surface area contributed by atoms with Crippen LogP contribution in [0.4, 0.5) is 5.82 Å². The van der Waals surface area contributed by atoms with E-state index in [2.05, 4.69) is 46.3 Å². The first-order chi connectivity index (χ1) is 13.3. The molecule has 1 aliphatic heterocycles. The zero-order valence-corrected chi connectivity index (χ0v) is 15.2. The van der Waals surface area contributed by atoms with Crippen molar-refractivity contribution in [3.63, 3.8) is 0 Å². The van der Waals surface area contributed by atoms with E-state index in [1.54, 1.807) is 7.11 Å². The first kappa shape index (κ1) is 15.9. The quantitative estimate of drug-likeness (QED) is 0.557. The smallest absolute Gasteiger partial charge is 0.155 e. The number of hydrogen-bond donors (Lipinski definition) is 0. The lowest BCUT2D eigenvalue weighted by Crippen LogP contribution is -2.31. The summed E-state index contributed by atoms with van der Waals surface area (Å²) in [4.78, 5) is 7.03. The van der Waals surface area contributed by atoms with E-state index in [0.717, 1.165) is 47.9 Å². The van der Waals surface area contributed by atoms with Crippen LogP contribution >= 0.6 is 0 Å². The fourth-order valence-corrected chi connectivity index (χ4v) is 3.75. The zero-order valence-electron chi connectivity index (χ0n) is 15.2. The van der Waals surface area contributed by atoms with Gasteiger partial charge in [0.1, 0.15) is 11.3 Å². The molecule has 5 nitrogen and oxygen atoms in total. The standard InChI is InChI=1S/C22H20N4O/c1-27-19-8-4-7-17(13-19)20-14-21-22(23-10-12-26(21)24-20)25-11-9-16-5-2-3-6-18(16)15-25/h2-8,10,12-14H,9,11,15H2,1H3. The predicted octanol–water partition coefficient (Wildman–Crippen LogP) is 3.97. The molecule has 5 heteroatoms. The lowest BCUT2D eigenvalue weighted by atomic mass is 10.00. The van der Waals surface area contributed by atoms with Crippen LogP contribution in [0.5, 0.6) is 5.75 Å². The number of nitrogens with zero attached hydrogens (tertiary/aromatic N) is 4. The Morgan fingerprint density at radius 3 is 2.78 bits per heavy atom. The first-order valence-electron chi connectivity index (χ1n) is 9.12. The van der Waals surface area contributed by atoms with Crippen LogP contribution in [0.25, 0.3) is 16.8 Å². The van der Waals surface area contributed by atoms with Crippen molar-refractivity contribution in [2.24, 2.45) is 0 Å². The zero-order chi connectivity index (χ0) is 18.2. The number of rotatable bonds is 3. The van der Waals surface area contributed by atoms with Crippen LogP contribution in [-0.4, -0.2) is 28.3 Å². The van der Waals surface area contributed by atoms with Crippen molar-refractivity contribution < 1.29 is 4.74 Å². The van der Waals surface area contributed by atoms with Crippen LogP contribution in [0, 0.1) is 0 Å².